The molecular formula is C55H70ClN11O11S2. The van der Waals surface area contributed by atoms with Crippen molar-refractivity contribution in [2.24, 2.45) is 22.9 Å². The maximum Gasteiger partial charge on any atom is 0.248 e. The maximum absolute atomic E-state index is 14.8. The van der Waals surface area contributed by atoms with E-state index in [0.29, 0.717) is 52.5 Å². The molecule has 3 aliphatic rings. The fourth-order valence-corrected chi connectivity index (χ4v) is 11.8. The Labute approximate surface area is 476 Å². The number of halogens is 1. The van der Waals surface area contributed by atoms with Crippen LogP contribution in [0.5, 0.6) is 11.5 Å². The van der Waals surface area contributed by atoms with E-state index >= 15 is 0 Å². The molecular weight excluding hydrogens is 1090 g/mol. The van der Waals surface area contributed by atoms with Gasteiger partial charge in [0.2, 0.25) is 47.3 Å². The molecule has 0 aromatic heterocycles. The van der Waals surface area contributed by atoms with E-state index in [1.54, 1.807) is 72.8 Å². The fraction of sp³-hybridized carbons (Fsp3) is 0.418. The van der Waals surface area contributed by atoms with Gasteiger partial charge in [0.05, 0.1) is 26.4 Å². The number of benzene rings is 4. The predicted octanol–water partition coefficient (Wildman–Crippen LogP) is 0.0651. The van der Waals surface area contributed by atoms with Crippen molar-refractivity contribution in [1.82, 2.24) is 37.2 Å². The summed E-state index contributed by atoms with van der Waals surface area (Å²) in [5.41, 5.74) is 24.7. The Kier molecular flexibility index (Phi) is 23.4. The number of amides is 8. The first kappa shape index (κ1) is 62.3. The van der Waals surface area contributed by atoms with E-state index in [2.05, 4.69) is 37.2 Å². The van der Waals surface area contributed by atoms with Crippen LogP contribution in [0.3, 0.4) is 0 Å². The van der Waals surface area contributed by atoms with Crippen molar-refractivity contribution in [1.29, 1.82) is 0 Å². The van der Waals surface area contributed by atoms with Gasteiger partial charge in [0.15, 0.2) is 0 Å². The number of aliphatic hydroxyl groups excluding tert-OH is 1. The largest absolute Gasteiger partial charge is 0.497 e. The highest BCUT2D eigenvalue weighted by Crippen LogP contribution is 2.33. The number of aliphatic hydroxyl groups is 1. The summed E-state index contributed by atoms with van der Waals surface area (Å²) in [6.45, 7) is 0.353. The average molecular weight is 1160 g/mol. The Morgan fingerprint density at radius 1 is 0.700 bits per heavy atom. The van der Waals surface area contributed by atoms with Crippen molar-refractivity contribution in [2.75, 3.05) is 38.8 Å². The van der Waals surface area contributed by atoms with Gasteiger partial charge in [-0.3, -0.25) is 38.4 Å². The molecule has 3 heterocycles. The normalized spacial score (nSPS) is 22.9. The van der Waals surface area contributed by atoms with Crippen LogP contribution in [0.25, 0.3) is 0 Å². The second-order valence-corrected chi connectivity index (χ2v) is 22.6. The molecule has 22 nitrogen and oxygen atoms in total. The standard InChI is InChI=1S/C55H70ClN11O11S2/c1-77-38-18-10-33(11-19-38)24-41(48(60)70)65-54(76)55-27-45(68)46(53(75)67-55)66-49(71)40(5-3-4-22-57)62-50(72)42(25-32-6-14-35(15-7-32)47(59)69)63-51(73)43(26-34-12-20-39(78-2)21-13-34)64-52(74)44(29-79-80-30-55)61-28-37(58)23-31-8-16-36(56)17-9-31/h6-21,37,40-46,61,68H,3-5,22-30,57-58H2,1-2H3,(H2,59,69)(H2,60,70)(H,62,72)(H,63,73)(H,64,74)(H,65,76)(H,66,71)(H,67,75)/t37-,40-,41?,42+,43-,44+,45+,46-,55?/m0/s1. The van der Waals surface area contributed by atoms with Gasteiger partial charge >= 0.3 is 0 Å². The van der Waals surface area contributed by atoms with Crippen LogP contribution in [0.4, 0.5) is 0 Å². The van der Waals surface area contributed by atoms with Crippen molar-refractivity contribution in [3.05, 3.63) is 130 Å². The van der Waals surface area contributed by atoms with Gasteiger partial charge in [-0.25, -0.2) is 0 Å². The van der Waals surface area contributed by atoms with Crippen LogP contribution in [0.15, 0.2) is 97.1 Å². The minimum atomic E-state index is -1.94. The van der Waals surface area contributed by atoms with Crippen LogP contribution in [0.1, 0.15) is 58.3 Å². The van der Waals surface area contributed by atoms with Gasteiger partial charge in [-0.05, 0) is 103 Å². The van der Waals surface area contributed by atoms with Crippen LogP contribution >= 0.6 is 33.2 Å². The highest BCUT2D eigenvalue weighted by Gasteiger charge is 2.51. The number of primary amides is 2. The molecule has 2 unspecified atom stereocenters. The number of methoxy groups -OCH3 is 2. The summed E-state index contributed by atoms with van der Waals surface area (Å²) in [5, 5.41) is 32.1. The molecule has 9 atom stereocenters. The molecule has 7 rings (SSSR count). The summed E-state index contributed by atoms with van der Waals surface area (Å²) in [6, 6.07) is 18.1. The zero-order chi connectivity index (χ0) is 57.9. The van der Waals surface area contributed by atoms with E-state index in [1.807, 2.05) is 12.1 Å². The lowest BCUT2D eigenvalue weighted by atomic mass is 9.84. The molecule has 4 aromatic carbocycles. The molecule has 3 saturated heterocycles. The number of unbranched alkanes of at least 4 members (excludes halogenated alkanes) is 1. The minimum Gasteiger partial charge on any atom is -0.497 e. The van der Waals surface area contributed by atoms with Gasteiger partial charge in [-0.2, -0.15) is 0 Å². The number of carbonyl (C=O) groups is 8. The Morgan fingerprint density at radius 2 is 1.23 bits per heavy atom. The summed E-state index contributed by atoms with van der Waals surface area (Å²) >= 11 is 6.13. The Morgan fingerprint density at radius 3 is 1.77 bits per heavy atom. The van der Waals surface area contributed by atoms with Crippen LogP contribution in [0.2, 0.25) is 5.02 Å². The van der Waals surface area contributed by atoms with Crippen molar-refractivity contribution in [3.63, 3.8) is 0 Å². The quantitative estimate of drug-likeness (QED) is 0.0298. The number of nitrogens with two attached hydrogens (primary N) is 4. The topological polar surface area (TPSA) is 364 Å². The fourth-order valence-electron chi connectivity index (χ4n) is 9.07. The zero-order valence-corrected chi connectivity index (χ0v) is 46.8. The SMILES string of the molecule is COc1ccc(CC(NC(=O)C23CSSC[C@@H](NC[C@@H](N)Cc4ccc(Cl)cc4)C(=O)N[C@@H](Cc4ccc(OC)cc4)C(=O)N[C@H](Cc4ccc(C(N)=O)cc4)C(=O)N[C@@H](CCCCN)C(=O)N[C@H](C(=O)N2)[C@H](O)C3)C(N)=O)cc1. The second kappa shape index (κ2) is 30.0. The van der Waals surface area contributed by atoms with E-state index in [-0.39, 0.29) is 55.8 Å². The van der Waals surface area contributed by atoms with Gasteiger partial charge in [0, 0.05) is 60.4 Å². The molecule has 0 saturated carbocycles. The lowest BCUT2D eigenvalue weighted by Gasteiger charge is -2.42. The molecule has 80 heavy (non-hydrogen) atoms. The third-order valence-corrected chi connectivity index (χ3v) is 16.4. The molecule has 3 aliphatic heterocycles. The number of rotatable bonds is 21. The van der Waals surface area contributed by atoms with Gasteiger partial charge in [-0.1, -0.05) is 81.7 Å². The van der Waals surface area contributed by atoms with Crippen LogP contribution in [-0.2, 0) is 59.2 Å². The summed E-state index contributed by atoms with van der Waals surface area (Å²) in [7, 11) is 5.21. The molecule has 8 amide bonds. The van der Waals surface area contributed by atoms with Crippen LogP contribution in [0, 0.1) is 0 Å². The van der Waals surface area contributed by atoms with E-state index in [0.717, 1.165) is 27.2 Å². The van der Waals surface area contributed by atoms with Gasteiger partial charge in [0.25, 0.3) is 0 Å². The van der Waals surface area contributed by atoms with Crippen LogP contribution < -0.4 is 69.6 Å². The van der Waals surface area contributed by atoms with E-state index in [1.165, 1.54) is 26.4 Å². The Hall–Kier alpha value is -6.93. The first-order valence-corrected chi connectivity index (χ1v) is 28.8. The molecule has 3 fully saturated rings. The third kappa shape index (κ3) is 18.0. The molecule has 0 radical (unpaired) electrons. The molecule has 4 aromatic rings. The number of fused-ring (bicyclic) bond motifs is 17. The zero-order valence-electron chi connectivity index (χ0n) is 44.4. The number of ether oxygens (including phenoxy) is 2. The summed E-state index contributed by atoms with van der Waals surface area (Å²) in [6.07, 6.45) is -1.29. The van der Waals surface area contributed by atoms with Gasteiger partial charge in [0.1, 0.15) is 47.2 Å². The van der Waals surface area contributed by atoms with E-state index in [4.69, 9.17) is 44.0 Å². The molecule has 2 bridgehead atoms. The number of piperidine rings is 1. The van der Waals surface area contributed by atoms with Gasteiger partial charge in [-0.15, -0.1) is 0 Å². The van der Waals surface area contributed by atoms with Crippen molar-refractivity contribution < 1.29 is 52.9 Å². The summed E-state index contributed by atoms with van der Waals surface area (Å²) in [5.74, 6) is -5.66. The maximum atomic E-state index is 14.8. The van der Waals surface area contributed by atoms with Crippen molar-refractivity contribution in [2.45, 2.75) is 105 Å². The summed E-state index contributed by atoms with van der Waals surface area (Å²) in [4.78, 5) is 113. The molecule has 16 N–H and O–H groups in total. The Bertz CT molecular complexity index is 2780. The van der Waals surface area contributed by atoms with Crippen molar-refractivity contribution in [3.8, 4) is 11.5 Å². The number of hydrogen-bond donors (Lipinski definition) is 12. The second-order valence-electron chi connectivity index (χ2n) is 19.7. The summed E-state index contributed by atoms with van der Waals surface area (Å²) < 4.78 is 10.6. The highest BCUT2D eigenvalue weighted by atomic mass is 35.5. The van der Waals surface area contributed by atoms with Crippen LogP contribution in [-0.4, -0.2) is 145 Å². The monoisotopic (exact) mass is 1160 g/mol. The molecule has 430 valence electrons. The first-order chi connectivity index (χ1) is 38.3. The number of carbonyl (C=O) groups excluding carboxylic acids is 8. The molecule has 25 heteroatoms. The third-order valence-electron chi connectivity index (χ3n) is 13.7. The van der Waals surface area contributed by atoms with Gasteiger partial charge < -0.3 is 74.7 Å². The number of hydrogen-bond acceptors (Lipinski definition) is 16. The number of nitrogens with one attached hydrogen (secondary N) is 7. The first-order valence-electron chi connectivity index (χ1n) is 25.9. The average Bonchev–Trinajstić information content (AvgIpc) is 3.48. The lowest BCUT2D eigenvalue weighted by Crippen LogP contribution is -2.73. The molecule has 0 spiro atoms. The minimum absolute atomic E-state index is 0.00396. The highest BCUT2D eigenvalue weighted by molar-refractivity contribution is 8.76. The van der Waals surface area contributed by atoms with Crippen molar-refractivity contribution >= 4 is 80.4 Å². The predicted molar refractivity (Wildman–Crippen MR) is 305 cm³/mol. The molecule has 0 aliphatic carbocycles. The smallest absolute Gasteiger partial charge is 0.248 e. The van der Waals surface area contributed by atoms with E-state index in [9.17, 15) is 43.5 Å². The lowest BCUT2D eigenvalue weighted by molar-refractivity contribution is -0.144. The Balaban J connectivity index is 1.39. The van der Waals surface area contributed by atoms with E-state index < -0.39 is 108 Å².